The van der Waals surface area contributed by atoms with E-state index < -0.39 is 0 Å². The fraction of sp³-hybridized carbons (Fsp3) is 0.579. The van der Waals surface area contributed by atoms with Gasteiger partial charge in [0.2, 0.25) is 0 Å². The molecule has 0 aromatic carbocycles. The van der Waals surface area contributed by atoms with Crippen molar-refractivity contribution in [1.29, 1.82) is 0 Å². The first-order valence-corrected chi connectivity index (χ1v) is 7.93. The summed E-state index contributed by atoms with van der Waals surface area (Å²) in [4.78, 5) is 24.1. The molecule has 0 bridgehead atoms. The molecule has 0 aromatic heterocycles. The molecule has 0 unspecified atom stereocenters. The van der Waals surface area contributed by atoms with Gasteiger partial charge in [0.15, 0.2) is 5.78 Å². The maximum atomic E-state index is 12.3. The molecule has 120 valence electrons. The lowest BCUT2D eigenvalue weighted by atomic mass is 9.57. The molecule has 1 fully saturated rings. The van der Waals surface area contributed by atoms with Gasteiger partial charge in [-0.2, -0.15) is 0 Å². The molecular weight excluding hydrogens is 276 g/mol. The van der Waals surface area contributed by atoms with Gasteiger partial charge < -0.3 is 4.74 Å². The molecule has 0 amide bonds. The molecule has 0 heterocycles. The van der Waals surface area contributed by atoms with E-state index in [0.29, 0.717) is 5.57 Å². The monoisotopic (exact) mass is 302 g/mol. The Balaban J connectivity index is 2.27. The first kappa shape index (κ1) is 16.7. The number of rotatable bonds is 3. The van der Waals surface area contributed by atoms with Crippen molar-refractivity contribution >= 4 is 11.8 Å². The molecule has 2 aliphatic carbocycles. The molecule has 3 heteroatoms. The topological polar surface area (TPSA) is 43.4 Å². The van der Waals surface area contributed by atoms with Gasteiger partial charge in [-0.1, -0.05) is 38.2 Å². The molecule has 0 radical (unpaired) electrons. The summed E-state index contributed by atoms with van der Waals surface area (Å²) in [5.74, 6) is -0.0988. The third-order valence-corrected chi connectivity index (χ3v) is 5.48. The second kappa shape index (κ2) is 5.86. The Hall–Kier alpha value is -1.64. The highest BCUT2D eigenvalue weighted by molar-refractivity contribution is 5.95. The van der Waals surface area contributed by atoms with Crippen molar-refractivity contribution in [3.8, 4) is 0 Å². The largest absolute Gasteiger partial charge is 0.459 e. The van der Waals surface area contributed by atoms with Crippen molar-refractivity contribution in [2.24, 2.45) is 17.3 Å². The maximum Gasteiger partial charge on any atom is 0.333 e. The number of hydrogen-bond donors (Lipinski definition) is 0. The second-order valence-corrected chi connectivity index (χ2v) is 7.14. The van der Waals surface area contributed by atoms with E-state index in [-0.39, 0.29) is 35.1 Å². The van der Waals surface area contributed by atoms with Crippen LogP contribution in [0.15, 0.2) is 36.0 Å². The quantitative estimate of drug-likeness (QED) is 0.449. The predicted octanol–water partition coefficient (Wildman–Crippen LogP) is 4.00. The molecule has 2 aliphatic rings. The van der Waals surface area contributed by atoms with Crippen molar-refractivity contribution in [3.05, 3.63) is 36.0 Å². The van der Waals surface area contributed by atoms with Crippen LogP contribution < -0.4 is 0 Å². The molecular formula is C19H26O3. The standard InChI is InChI=1S/C19H26O3/c1-11(2)15-10-19(6)13(5)17(22-18(21)12(3)4)8-7-14(19)9-16(15)20/h9,13,15,17H,1,3,7-8,10H2,2,4-6H3/t13-,15+,17+,19+/m0/s1. The van der Waals surface area contributed by atoms with Gasteiger partial charge >= 0.3 is 5.97 Å². The zero-order chi connectivity index (χ0) is 16.7. The Morgan fingerprint density at radius 2 is 2.00 bits per heavy atom. The second-order valence-electron chi connectivity index (χ2n) is 7.14. The van der Waals surface area contributed by atoms with Crippen LogP contribution in [0.1, 0.15) is 47.0 Å². The predicted molar refractivity (Wildman–Crippen MR) is 87.2 cm³/mol. The molecule has 0 aromatic rings. The van der Waals surface area contributed by atoms with E-state index in [1.807, 2.05) is 13.0 Å². The smallest absolute Gasteiger partial charge is 0.333 e. The van der Waals surface area contributed by atoms with Crippen LogP contribution in [0, 0.1) is 17.3 Å². The van der Waals surface area contributed by atoms with Crippen molar-refractivity contribution in [3.63, 3.8) is 0 Å². The molecule has 0 aliphatic heterocycles. The zero-order valence-corrected chi connectivity index (χ0v) is 14.1. The van der Waals surface area contributed by atoms with Crippen LogP contribution in [0.2, 0.25) is 0 Å². The van der Waals surface area contributed by atoms with Crippen LogP contribution in [-0.4, -0.2) is 17.9 Å². The Bertz CT molecular complexity index is 569. The Labute approximate surface area is 133 Å². The number of esters is 1. The fourth-order valence-corrected chi connectivity index (χ4v) is 3.70. The molecule has 0 saturated heterocycles. The Morgan fingerprint density at radius 3 is 2.55 bits per heavy atom. The van der Waals surface area contributed by atoms with E-state index in [4.69, 9.17) is 4.74 Å². The summed E-state index contributed by atoms with van der Waals surface area (Å²) < 4.78 is 5.63. The number of hydrogen-bond acceptors (Lipinski definition) is 3. The van der Waals surface area contributed by atoms with Gasteiger partial charge in [-0.15, -0.1) is 0 Å². The van der Waals surface area contributed by atoms with E-state index in [1.165, 1.54) is 5.57 Å². The Kier molecular flexibility index (Phi) is 4.46. The highest BCUT2D eigenvalue weighted by Gasteiger charge is 2.48. The summed E-state index contributed by atoms with van der Waals surface area (Å²) in [6.45, 7) is 15.5. The zero-order valence-electron chi connectivity index (χ0n) is 14.1. The molecule has 4 atom stereocenters. The molecule has 0 N–H and O–H groups in total. The van der Waals surface area contributed by atoms with Gasteiger partial charge in [0.05, 0.1) is 0 Å². The van der Waals surface area contributed by atoms with Crippen LogP contribution in [0.5, 0.6) is 0 Å². The van der Waals surface area contributed by atoms with Crippen molar-refractivity contribution in [2.45, 2.75) is 53.1 Å². The van der Waals surface area contributed by atoms with E-state index in [9.17, 15) is 9.59 Å². The number of allylic oxidation sites excluding steroid dienone is 3. The van der Waals surface area contributed by atoms with Crippen LogP contribution in [0.25, 0.3) is 0 Å². The number of carbonyl (C=O) groups excluding carboxylic acids is 2. The van der Waals surface area contributed by atoms with Gasteiger partial charge in [-0.25, -0.2) is 4.79 Å². The van der Waals surface area contributed by atoms with Gasteiger partial charge in [0, 0.05) is 17.4 Å². The first-order valence-electron chi connectivity index (χ1n) is 7.93. The van der Waals surface area contributed by atoms with Crippen LogP contribution in [0.4, 0.5) is 0 Å². The van der Waals surface area contributed by atoms with Crippen molar-refractivity contribution in [1.82, 2.24) is 0 Å². The molecule has 0 spiro atoms. The highest BCUT2D eigenvalue weighted by Crippen LogP contribution is 2.53. The lowest BCUT2D eigenvalue weighted by Gasteiger charge is -2.49. The third-order valence-electron chi connectivity index (χ3n) is 5.48. The minimum absolute atomic E-state index is 0.115. The fourth-order valence-electron chi connectivity index (χ4n) is 3.70. The van der Waals surface area contributed by atoms with Crippen molar-refractivity contribution < 1.29 is 14.3 Å². The summed E-state index contributed by atoms with van der Waals surface area (Å²) in [6.07, 6.45) is 4.03. The first-order chi connectivity index (χ1) is 10.2. The number of ether oxygens (including phenoxy) is 1. The molecule has 1 saturated carbocycles. The SMILES string of the molecule is C=C(C)C(=O)O[C@@H]1CCC2=CC(=O)[C@@H](C(=C)C)C[C@]2(C)[C@H]1C. The Morgan fingerprint density at radius 1 is 1.36 bits per heavy atom. The van der Waals surface area contributed by atoms with Crippen LogP contribution in [0.3, 0.4) is 0 Å². The summed E-state index contributed by atoms with van der Waals surface area (Å²) in [5.41, 5.74) is 2.42. The van der Waals surface area contributed by atoms with Gasteiger partial charge in [0.1, 0.15) is 6.10 Å². The van der Waals surface area contributed by atoms with E-state index in [2.05, 4.69) is 27.0 Å². The summed E-state index contributed by atoms with van der Waals surface area (Å²) in [6, 6.07) is 0. The summed E-state index contributed by atoms with van der Waals surface area (Å²) in [5, 5.41) is 0. The average molecular weight is 302 g/mol. The van der Waals surface area contributed by atoms with Crippen LogP contribution in [-0.2, 0) is 14.3 Å². The molecule has 22 heavy (non-hydrogen) atoms. The lowest BCUT2D eigenvalue weighted by Crippen LogP contribution is -2.46. The molecule has 2 rings (SSSR count). The average Bonchev–Trinajstić information content (AvgIpc) is 2.43. The van der Waals surface area contributed by atoms with E-state index in [0.717, 1.165) is 24.8 Å². The maximum absolute atomic E-state index is 12.3. The summed E-state index contributed by atoms with van der Waals surface area (Å²) in [7, 11) is 0. The van der Waals surface area contributed by atoms with Gasteiger partial charge in [-0.05, 0) is 44.6 Å². The van der Waals surface area contributed by atoms with Crippen LogP contribution >= 0.6 is 0 Å². The molecule has 3 nitrogen and oxygen atoms in total. The summed E-state index contributed by atoms with van der Waals surface area (Å²) >= 11 is 0. The van der Waals surface area contributed by atoms with Gasteiger partial charge in [-0.3, -0.25) is 4.79 Å². The highest BCUT2D eigenvalue weighted by atomic mass is 16.5. The van der Waals surface area contributed by atoms with E-state index >= 15 is 0 Å². The van der Waals surface area contributed by atoms with Gasteiger partial charge in [0.25, 0.3) is 0 Å². The number of ketones is 1. The van der Waals surface area contributed by atoms with Crippen molar-refractivity contribution in [2.75, 3.05) is 0 Å². The minimum atomic E-state index is -0.323. The number of fused-ring (bicyclic) bond motifs is 1. The van der Waals surface area contributed by atoms with E-state index in [1.54, 1.807) is 6.92 Å². The third kappa shape index (κ3) is 2.81. The minimum Gasteiger partial charge on any atom is -0.459 e. The number of carbonyl (C=O) groups is 2. The normalized spacial score (nSPS) is 34.5. The lowest BCUT2D eigenvalue weighted by molar-refractivity contribution is -0.151.